The third-order valence-electron chi connectivity index (χ3n) is 4.48. The minimum atomic E-state index is -4.26. The summed E-state index contributed by atoms with van der Waals surface area (Å²) in [5.41, 5.74) is 0.828. The number of hydrogen-bond donors (Lipinski definition) is 0. The van der Waals surface area contributed by atoms with Crippen molar-refractivity contribution in [3.63, 3.8) is 0 Å². The fourth-order valence-electron chi connectivity index (χ4n) is 3.18. The van der Waals surface area contributed by atoms with Gasteiger partial charge in [0.05, 0.1) is 11.5 Å². The Kier molecular flexibility index (Phi) is 9.13. The molecular formula is C21H26O12S. The molecule has 13 heteroatoms. The summed E-state index contributed by atoms with van der Waals surface area (Å²) in [4.78, 5) is 46.6. The van der Waals surface area contributed by atoms with E-state index >= 15 is 0 Å². The molecule has 1 aliphatic heterocycles. The maximum Gasteiger partial charge on any atom is 0.305 e. The molecule has 1 heterocycles. The van der Waals surface area contributed by atoms with Crippen molar-refractivity contribution < 1.29 is 55.5 Å². The van der Waals surface area contributed by atoms with Gasteiger partial charge in [0.2, 0.25) is 12.4 Å². The van der Waals surface area contributed by atoms with E-state index in [-0.39, 0.29) is 4.90 Å². The molecule has 0 spiro atoms. The molecule has 2 rings (SSSR count). The van der Waals surface area contributed by atoms with Crippen molar-refractivity contribution in [1.82, 2.24) is 0 Å². The fraction of sp³-hybridized carbons (Fsp3) is 0.524. The zero-order chi connectivity index (χ0) is 25.6. The average Bonchev–Trinajstić information content (AvgIpc) is 2.70. The summed E-state index contributed by atoms with van der Waals surface area (Å²) in [6.07, 6.45) is -7.50. The largest absolute Gasteiger partial charge is 0.456 e. The predicted octanol–water partition coefficient (Wildman–Crippen LogP) is 0.783. The van der Waals surface area contributed by atoms with Gasteiger partial charge < -0.3 is 23.7 Å². The van der Waals surface area contributed by atoms with Gasteiger partial charge in [-0.05, 0) is 19.1 Å². The molecule has 0 aliphatic carbocycles. The van der Waals surface area contributed by atoms with Gasteiger partial charge in [0.1, 0.15) is 6.10 Å². The van der Waals surface area contributed by atoms with Gasteiger partial charge in [0, 0.05) is 27.7 Å². The molecule has 1 aromatic rings. The highest BCUT2D eigenvalue weighted by molar-refractivity contribution is 7.86. The van der Waals surface area contributed by atoms with E-state index in [9.17, 15) is 27.6 Å². The lowest BCUT2D eigenvalue weighted by Gasteiger charge is -2.43. The van der Waals surface area contributed by atoms with Crippen LogP contribution in [-0.4, -0.2) is 69.6 Å². The first-order chi connectivity index (χ1) is 15.8. The van der Waals surface area contributed by atoms with Crippen molar-refractivity contribution in [2.24, 2.45) is 0 Å². The lowest BCUT2D eigenvalue weighted by Crippen LogP contribution is -2.63. The molecule has 0 saturated carbocycles. The second-order valence-corrected chi connectivity index (χ2v) is 9.04. The summed E-state index contributed by atoms with van der Waals surface area (Å²) in [6.45, 7) is 5.29. The molecule has 1 aliphatic rings. The van der Waals surface area contributed by atoms with Crippen molar-refractivity contribution >= 4 is 34.0 Å². The van der Waals surface area contributed by atoms with E-state index in [4.69, 9.17) is 27.9 Å². The van der Waals surface area contributed by atoms with E-state index < -0.39 is 71.3 Å². The molecule has 2 unspecified atom stereocenters. The summed E-state index contributed by atoms with van der Waals surface area (Å²) in [6, 6.07) is 5.84. The highest BCUT2D eigenvalue weighted by Gasteiger charge is 2.53. The topological polar surface area (TPSA) is 158 Å². The molecule has 0 aromatic heterocycles. The van der Waals surface area contributed by atoms with Gasteiger partial charge in [0.25, 0.3) is 10.1 Å². The highest BCUT2D eigenvalue weighted by atomic mass is 32.2. The monoisotopic (exact) mass is 502 g/mol. The van der Waals surface area contributed by atoms with Crippen LogP contribution in [-0.2, 0) is 57.2 Å². The third kappa shape index (κ3) is 7.50. The van der Waals surface area contributed by atoms with Crippen LogP contribution in [0.3, 0.4) is 0 Å². The Bertz CT molecular complexity index is 1020. The number of ether oxygens (including phenoxy) is 5. The summed E-state index contributed by atoms with van der Waals surface area (Å²) in [5, 5.41) is 0. The number of aryl methyl sites for hydroxylation is 1. The van der Waals surface area contributed by atoms with E-state index in [0.29, 0.717) is 0 Å². The van der Waals surface area contributed by atoms with Crippen molar-refractivity contribution in [1.29, 1.82) is 0 Å². The first-order valence-electron chi connectivity index (χ1n) is 10.1. The van der Waals surface area contributed by atoms with Crippen LogP contribution in [0.1, 0.15) is 33.3 Å². The SMILES string of the molecule is CC(=O)OC1[C@H](OC(C)=O)OC(COS(=O)(=O)c2ccc(C)cc2)[C@@H](OC(C)=O)[C@H]1OC(C)=O. The molecule has 0 radical (unpaired) electrons. The number of rotatable bonds is 8. The van der Waals surface area contributed by atoms with E-state index in [1.165, 1.54) is 12.1 Å². The van der Waals surface area contributed by atoms with Crippen molar-refractivity contribution in [2.45, 2.75) is 70.2 Å². The fourth-order valence-corrected chi connectivity index (χ4v) is 4.10. The molecule has 0 N–H and O–H groups in total. The normalized spacial score (nSPS) is 24.6. The van der Waals surface area contributed by atoms with Gasteiger partial charge in [-0.25, -0.2) is 0 Å². The van der Waals surface area contributed by atoms with Gasteiger partial charge in [-0.2, -0.15) is 8.42 Å². The molecule has 0 amide bonds. The standard InChI is InChI=1S/C21H26O12S/c1-11-6-8-16(9-7-11)34(26,27)28-10-17-18(29-12(2)22)19(30-13(3)23)20(31-14(4)24)21(33-17)32-15(5)25/h6-9,17-21H,10H2,1-5H3/t17?,18-,19-,20?,21-/m1/s1. The van der Waals surface area contributed by atoms with Gasteiger partial charge in [-0.1, -0.05) is 17.7 Å². The molecule has 1 fully saturated rings. The predicted molar refractivity (Wildman–Crippen MR) is 111 cm³/mol. The van der Waals surface area contributed by atoms with Crippen molar-refractivity contribution in [2.75, 3.05) is 6.61 Å². The second kappa shape index (κ2) is 11.4. The Morgan fingerprint density at radius 2 is 1.24 bits per heavy atom. The highest BCUT2D eigenvalue weighted by Crippen LogP contribution is 2.30. The Morgan fingerprint density at radius 1 is 0.765 bits per heavy atom. The quantitative estimate of drug-likeness (QED) is 0.280. The zero-order valence-electron chi connectivity index (χ0n) is 19.2. The molecule has 5 atom stereocenters. The molecule has 34 heavy (non-hydrogen) atoms. The Morgan fingerprint density at radius 3 is 1.74 bits per heavy atom. The average molecular weight is 502 g/mol. The molecule has 188 valence electrons. The smallest absolute Gasteiger partial charge is 0.305 e. The molecule has 0 bridgehead atoms. The summed E-state index contributed by atoms with van der Waals surface area (Å²) < 4.78 is 56.6. The van der Waals surface area contributed by atoms with Gasteiger partial charge in [-0.15, -0.1) is 0 Å². The molecular weight excluding hydrogens is 476 g/mol. The van der Waals surface area contributed by atoms with Crippen LogP contribution in [0.25, 0.3) is 0 Å². The number of esters is 4. The first-order valence-corrected chi connectivity index (χ1v) is 11.5. The lowest BCUT2D eigenvalue weighted by atomic mass is 9.98. The van der Waals surface area contributed by atoms with E-state index in [2.05, 4.69) is 0 Å². The van der Waals surface area contributed by atoms with Crippen molar-refractivity contribution in [3.05, 3.63) is 29.8 Å². The maximum absolute atomic E-state index is 12.6. The minimum Gasteiger partial charge on any atom is -0.456 e. The molecule has 1 saturated heterocycles. The molecule has 12 nitrogen and oxygen atoms in total. The van der Waals surface area contributed by atoms with Crippen LogP contribution >= 0.6 is 0 Å². The Hall–Kier alpha value is -3.03. The van der Waals surface area contributed by atoms with Crippen LogP contribution in [0.4, 0.5) is 0 Å². The Labute approximate surface area is 196 Å². The summed E-state index contributed by atoms with van der Waals surface area (Å²) >= 11 is 0. The number of carbonyl (C=O) groups is 4. The minimum absolute atomic E-state index is 0.135. The van der Waals surface area contributed by atoms with Crippen LogP contribution < -0.4 is 0 Å². The maximum atomic E-state index is 12.6. The first kappa shape index (κ1) is 27.2. The van der Waals surface area contributed by atoms with E-state index in [1.807, 2.05) is 0 Å². The second-order valence-electron chi connectivity index (χ2n) is 7.43. The lowest BCUT2D eigenvalue weighted by molar-refractivity contribution is -0.298. The van der Waals surface area contributed by atoms with Crippen LogP contribution in [0, 0.1) is 6.92 Å². The number of hydrogen-bond acceptors (Lipinski definition) is 12. The van der Waals surface area contributed by atoms with Crippen LogP contribution in [0.5, 0.6) is 0 Å². The summed E-state index contributed by atoms with van der Waals surface area (Å²) in [7, 11) is -4.26. The number of benzene rings is 1. The van der Waals surface area contributed by atoms with E-state index in [0.717, 1.165) is 33.3 Å². The van der Waals surface area contributed by atoms with Gasteiger partial charge in [-0.3, -0.25) is 23.4 Å². The van der Waals surface area contributed by atoms with E-state index in [1.54, 1.807) is 19.1 Å². The number of carbonyl (C=O) groups excluding carboxylic acids is 4. The summed E-state index contributed by atoms with van der Waals surface area (Å²) in [5.74, 6) is -3.33. The Balaban J connectivity index is 2.40. The van der Waals surface area contributed by atoms with Gasteiger partial charge >= 0.3 is 23.9 Å². The third-order valence-corrected chi connectivity index (χ3v) is 5.77. The van der Waals surface area contributed by atoms with Crippen molar-refractivity contribution in [3.8, 4) is 0 Å². The van der Waals surface area contributed by atoms with Crippen LogP contribution in [0.15, 0.2) is 29.2 Å². The molecule has 1 aromatic carbocycles. The zero-order valence-corrected chi connectivity index (χ0v) is 20.0. The van der Waals surface area contributed by atoms with Gasteiger partial charge in [0.15, 0.2) is 12.2 Å². The van der Waals surface area contributed by atoms with Crippen LogP contribution in [0.2, 0.25) is 0 Å².